The first-order chi connectivity index (χ1) is 13.1. The van der Waals surface area contributed by atoms with E-state index in [0.29, 0.717) is 24.9 Å². The maximum atomic E-state index is 13.8. The molecular formula is C19H22FN5O2. The van der Waals surface area contributed by atoms with Crippen molar-refractivity contribution >= 4 is 16.6 Å². The molecular weight excluding hydrogens is 349 g/mol. The quantitative estimate of drug-likeness (QED) is 0.683. The van der Waals surface area contributed by atoms with E-state index < -0.39 is 0 Å². The molecule has 1 aliphatic heterocycles. The number of ether oxygens (including phenoxy) is 1. The highest BCUT2D eigenvalue weighted by atomic mass is 19.1. The molecule has 1 aromatic carbocycles. The predicted octanol–water partition coefficient (Wildman–Crippen LogP) is 2.53. The van der Waals surface area contributed by atoms with Gasteiger partial charge in [0.25, 0.3) is 0 Å². The third-order valence-electron chi connectivity index (χ3n) is 4.73. The van der Waals surface area contributed by atoms with E-state index in [1.807, 2.05) is 13.0 Å². The molecule has 7 nitrogen and oxygen atoms in total. The number of hydrogen-bond donors (Lipinski definition) is 0. The van der Waals surface area contributed by atoms with Gasteiger partial charge in [-0.2, -0.15) is 4.98 Å². The first-order valence-electron chi connectivity index (χ1n) is 8.97. The van der Waals surface area contributed by atoms with Gasteiger partial charge >= 0.3 is 0 Å². The molecule has 1 fully saturated rings. The molecule has 1 aliphatic rings. The van der Waals surface area contributed by atoms with Crippen LogP contribution in [0.15, 0.2) is 28.8 Å². The summed E-state index contributed by atoms with van der Waals surface area (Å²) in [6.07, 6.45) is 0. The molecule has 0 atom stereocenters. The van der Waals surface area contributed by atoms with E-state index in [1.165, 1.54) is 6.07 Å². The minimum absolute atomic E-state index is 0.240. The number of aromatic nitrogens is 3. The molecule has 3 heterocycles. The Hall–Kier alpha value is -2.58. The summed E-state index contributed by atoms with van der Waals surface area (Å²) in [5, 5.41) is 4.75. The number of methoxy groups -OCH3 is 1. The topological polar surface area (TPSA) is 67.5 Å². The van der Waals surface area contributed by atoms with Crippen LogP contribution >= 0.6 is 0 Å². The van der Waals surface area contributed by atoms with Crippen molar-refractivity contribution in [2.24, 2.45) is 0 Å². The summed E-state index contributed by atoms with van der Waals surface area (Å²) in [5.74, 6) is 0.922. The van der Waals surface area contributed by atoms with Crippen molar-refractivity contribution < 1.29 is 13.7 Å². The van der Waals surface area contributed by atoms with Crippen LogP contribution in [0.4, 0.5) is 10.1 Å². The molecule has 0 saturated carbocycles. The molecule has 0 aliphatic carbocycles. The summed E-state index contributed by atoms with van der Waals surface area (Å²) >= 11 is 0. The zero-order valence-corrected chi connectivity index (χ0v) is 15.5. The first kappa shape index (κ1) is 17.8. The van der Waals surface area contributed by atoms with E-state index >= 15 is 0 Å². The number of rotatable bonds is 5. The summed E-state index contributed by atoms with van der Waals surface area (Å²) in [7, 11) is 1.60. The van der Waals surface area contributed by atoms with E-state index in [9.17, 15) is 4.39 Å². The van der Waals surface area contributed by atoms with Gasteiger partial charge in [0.2, 0.25) is 5.89 Å². The molecule has 0 unspecified atom stereocenters. The SMILES string of the molecule is COCc1noc(CN2CCN(c3cc(C)nc4ccc(F)cc34)CC2)n1. The Kier molecular flexibility index (Phi) is 5.00. The Balaban J connectivity index is 1.46. The lowest BCUT2D eigenvalue weighted by Crippen LogP contribution is -2.46. The van der Waals surface area contributed by atoms with Crippen LogP contribution in [0, 0.1) is 12.7 Å². The molecule has 27 heavy (non-hydrogen) atoms. The molecule has 0 bridgehead atoms. The van der Waals surface area contributed by atoms with Gasteiger partial charge in [-0.3, -0.25) is 9.88 Å². The van der Waals surface area contributed by atoms with E-state index in [1.54, 1.807) is 19.2 Å². The molecule has 8 heteroatoms. The molecule has 2 aromatic heterocycles. The number of benzene rings is 1. The number of hydrogen-bond acceptors (Lipinski definition) is 7. The molecule has 0 spiro atoms. The van der Waals surface area contributed by atoms with Crippen LogP contribution in [0.1, 0.15) is 17.4 Å². The van der Waals surface area contributed by atoms with Crippen LogP contribution in [-0.4, -0.2) is 53.3 Å². The summed E-state index contributed by atoms with van der Waals surface area (Å²) < 4.78 is 24.0. The number of fused-ring (bicyclic) bond motifs is 1. The largest absolute Gasteiger partial charge is 0.377 e. The fourth-order valence-electron chi connectivity index (χ4n) is 3.45. The minimum atomic E-state index is -0.240. The van der Waals surface area contributed by atoms with Gasteiger partial charge in [-0.25, -0.2) is 4.39 Å². The van der Waals surface area contributed by atoms with E-state index in [0.717, 1.165) is 48.5 Å². The van der Waals surface area contributed by atoms with Crippen molar-refractivity contribution in [2.45, 2.75) is 20.1 Å². The fraction of sp³-hybridized carbons (Fsp3) is 0.421. The average molecular weight is 371 g/mol. The van der Waals surface area contributed by atoms with Crippen molar-refractivity contribution in [1.29, 1.82) is 0 Å². The van der Waals surface area contributed by atoms with Crippen molar-refractivity contribution in [1.82, 2.24) is 20.0 Å². The number of piperazine rings is 1. The van der Waals surface area contributed by atoms with Crippen LogP contribution in [-0.2, 0) is 17.9 Å². The lowest BCUT2D eigenvalue weighted by Gasteiger charge is -2.36. The van der Waals surface area contributed by atoms with Gasteiger partial charge in [0.1, 0.15) is 12.4 Å². The van der Waals surface area contributed by atoms with Crippen LogP contribution in [0.3, 0.4) is 0 Å². The summed E-state index contributed by atoms with van der Waals surface area (Å²) in [4.78, 5) is 13.4. The Bertz CT molecular complexity index is 937. The van der Waals surface area contributed by atoms with Gasteiger partial charge in [0.05, 0.1) is 12.1 Å². The summed E-state index contributed by atoms with van der Waals surface area (Å²) in [6.45, 7) is 6.34. The average Bonchev–Trinajstić information content (AvgIpc) is 3.09. The van der Waals surface area contributed by atoms with Crippen LogP contribution in [0.25, 0.3) is 10.9 Å². The molecule has 0 amide bonds. The second-order valence-corrected chi connectivity index (χ2v) is 6.74. The number of nitrogens with zero attached hydrogens (tertiary/aromatic N) is 5. The molecule has 3 aromatic rings. The van der Waals surface area contributed by atoms with Gasteiger partial charge in [-0.15, -0.1) is 0 Å². The lowest BCUT2D eigenvalue weighted by molar-refractivity contribution is 0.174. The molecule has 1 saturated heterocycles. The minimum Gasteiger partial charge on any atom is -0.377 e. The number of anilines is 1. The normalized spacial score (nSPS) is 15.6. The summed E-state index contributed by atoms with van der Waals surface area (Å²) in [6, 6.07) is 6.80. The predicted molar refractivity (Wildman–Crippen MR) is 98.9 cm³/mol. The fourth-order valence-corrected chi connectivity index (χ4v) is 3.45. The smallest absolute Gasteiger partial charge is 0.240 e. The van der Waals surface area contributed by atoms with Crippen molar-refractivity contribution in [3.8, 4) is 0 Å². The van der Waals surface area contributed by atoms with Gasteiger partial charge in [-0.05, 0) is 31.2 Å². The van der Waals surface area contributed by atoms with Crippen molar-refractivity contribution in [3.05, 3.63) is 47.5 Å². The molecule has 0 radical (unpaired) electrons. The van der Waals surface area contributed by atoms with Crippen molar-refractivity contribution in [2.75, 3.05) is 38.2 Å². The molecule has 0 N–H and O–H groups in total. The van der Waals surface area contributed by atoms with Crippen LogP contribution in [0.2, 0.25) is 0 Å². The maximum Gasteiger partial charge on any atom is 0.240 e. The number of aryl methyl sites for hydroxylation is 1. The van der Waals surface area contributed by atoms with E-state index in [-0.39, 0.29) is 5.82 Å². The number of pyridine rings is 1. The monoisotopic (exact) mass is 371 g/mol. The highest BCUT2D eigenvalue weighted by Crippen LogP contribution is 2.28. The summed E-state index contributed by atoms with van der Waals surface area (Å²) in [5.41, 5.74) is 2.80. The molecule has 142 valence electrons. The standard InChI is InChI=1S/C19H22FN5O2/c1-13-9-17(15-10-14(20)3-4-16(15)21-13)25-7-5-24(6-8-25)11-19-22-18(12-26-2)23-27-19/h3-4,9-10H,5-8,11-12H2,1-2H3. The number of halogens is 1. The molecule has 4 rings (SSSR count). The third kappa shape index (κ3) is 3.91. The van der Waals surface area contributed by atoms with Crippen LogP contribution < -0.4 is 4.90 Å². The first-order valence-corrected chi connectivity index (χ1v) is 8.97. The second kappa shape index (κ2) is 7.58. The van der Waals surface area contributed by atoms with Gasteiger partial charge < -0.3 is 14.2 Å². The second-order valence-electron chi connectivity index (χ2n) is 6.74. The van der Waals surface area contributed by atoms with Gasteiger partial charge in [0, 0.05) is 50.1 Å². The zero-order valence-electron chi connectivity index (χ0n) is 15.5. The third-order valence-corrected chi connectivity index (χ3v) is 4.73. The van der Waals surface area contributed by atoms with E-state index in [4.69, 9.17) is 9.26 Å². The van der Waals surface area contributed by atoms with Crippen molar-refractivity contribution in [3.63, 3.8) is 0 Å². The lowest BCUT2D eigenvalue weighted by atomic mass is 10.1. The Morgan fingerprint density at radius 1 is 1.15 bits per heavy atom. The Morgan fingerprint density at radius 2 is 1.96 bits per heavy atom. The van der Waals surface area contributed by atoms with Gasteiger partial charge in [0.15, 0.2) is 5.82 Å². The maximum absolute atomic E-state index is 13.8. The highest BCUT2D eigenvalue weighted by molar-refractivity contribution is 5.92. The zero-order chi connectivity index (χ0) is 18.8. The van der Waals surface area contributed by atoms with Crippen LogP contribution in [0.5, 0.6) is 0 Å². The Labute approximate surface area is 156 Å². The highest BCUT2D eigenvalue weighted by Gasteiger charge is 2.21. The van der Waals surface area contributed by atoms with Gasteiger partial charge in [-0.1, -0.05) is 5.16 Å². The Morgan fingerprint density at radius 3 is 2.74 bits per heavy atom. The van der Waals surface area contributed by atoms with E-state index in [2.05, 4.69) is 24.9 Å².